The Morgan fingerprint density at radius 3 is 2.10 bits per heavy atom. The van der Waals surface area contributed by atoms with E-state index in [2.05, 4.69) is 9.97 Å². The Balaban J connectivity index is 1.35. The van der Waals surface area contributed by atoms with E-state index in [1.165, 1.54) is 18.5 Å². The van der Waals surface area contributed by atoms with Crippen LogP contribution in [-0.2, 0) is 43.2 Å². The van der Waals surface area contributed by atoms with Gasteiger partial charge in [0.25, 0.3) is 5.91 Å². The van der Waals surface area contributed by atoms with Gasteiger partial charge in [-0.3, -0.25) is 23.8 Å². The molecule has 13 nitrogen and oxygen atoms in total. The number of fused-ring (bicyclic) bond motifs is 1. The number of benzene rings is 2. The molecule has 0 saturated carbocycles. The molecule has 3 aromatic rings. The number of ether oxygens (including phenoxy) is 2. The number of sulfone groups is 1. The second kappa shape index (κ2) is 15.4. The average molecular weight is 734 g/mol. The van der Waals surface area contributed by atoms with Gasteiger partial charge in [0.05, 0.1) is 27.4 Å². The molecular weight excluding hydrogens is 685 g/mol. The molecule has 0 spiro atoms. The van der Waals surface area contributed by atoms with E-state index in [-0.39, 0.29) is 22.5 Å². The topological polar surface area (TPSA) is 161 Å². The van der Waals surface area contributed by atoms with E-state index in [1.807, 2.05) is 13.8 Å². The van der Waals surface area contributed by atoms with Crippen LogP contribution in [0.25, 0.3) is 11.0 Å². The largest absolute Gasteiger partial charge is 0.510 e. The number of rotatable bonds is 12. The Hall–Kier alpha value is -3.42. The summed E-state index contributed by atoms with van der Waals surface area (Å²) in [4.78, 5) is 36.5. The summed E-state index contributed by atoms with van der Waals surface area (Å²) in [5.41, 5.74) is -0.859. The van der Waals surface area contributed by atoms with E-state index >= 15 is 0 Å². The minimum Gasteiger partial charge on any atom is -0.427 e. The van der Waals surface area contributed by atoms with Crippen LogP contribution < -0.4 is 0 Å². The standard InChI is InChI=1S/C35H48N3O10PS/c1-25(2)22-35(46-32(40)44-24-45-49(41,47-33(3,4)5)48-34(6,7)8)16-20-38(21-17-35)31(39)27-14-12-26(13-15-27)23-50(42,43)29-11-9-10-28-30(29)37-19-18-36-28/h9-15,18-19,25H,16-17,20-24H2,1-8H3. The van der Waals surface area contributed by atoms with Gasteiger partial charge in [0.2, 0.25) is 6.79 Å². The molecule has 1 aliphatic heterocycles. The molecule has 2 aromatic carbocycles. The van der Waals surface area contributed by atoms with Gasteiger partial charge < -0.3 is 14.4 Å². The molecule has 15 heteroatoms. The van der Waals surface area contributed by atoms with E-state index in [9.17, 15) is 22.6 Å². The lowest BCUT2D eigenvalue weighted by atomic mass is 9.83. The summed E-state index contributed by atoms with van der Waals surface area (Å²) in [5, 5.41) is 0. The van der Waals surface area contributed by atoms with E-state index in [0.29, 0.717) is 54.5 Å². The van der Waals surface area contributed by atoms with Gasteiger partial charge >= 0.3 is 14.0 Å². The normalized spacial score (nSPS) is 15.7. The minimum atomic E-state index is -4.10. The quantitative estimate of drug-likeness (QED) is 0.103. The van der Waals surface area contributed by atoms with E-state index in [1.54, 1.807) is 82.8 Å². The summed E-state index contributed by atoms with van der Waals surface area (Å²) >= 11 is 0. The van der Waals surface area contributed by atoms with Gasteiger partial charge in [0.15, 0.2) is 9.84 Å². The molecule has 1 saturated heterocycles. The third kappa shape index (κ3) is 11.0. The number of carbonyl (C=O) groups excluding carboxylic acids is 2. The second-order valence-electron chi connectivity index (χ2n) is 14.8. The maximum atomic E-state index is 13.4. The van der Waals surface area contributed by atoms with Crippen molar-refractivity contribution in [2.45, 2.75) is 102 Å². The number of aromatic nitrogens is 2. The van der Waals surface area contributed by atoms with E-state index in [0.717, 1.165) is 0 Å². The highest BCUT2D eigenvalue weighted by Gasteiger charge is 2.41. The SMILES string of the molecule is CC(C)CC1(OC(=O)OCOP(=O)(OC(C)(C)C)OC(C)(C)C)CCN(C(=O)c2ccc(CS(=O)(=O)c3cccc4nccnc34)cc2)CC1. The molecule has 0 bridgehead atoms. The molecular formula is C35H48N3O10PS. The van der Waals surface area contributed by atoms with E-state index < -0.39 is 47.4 Å². The van der Waals surface area contributed by atoms with Crippen LogP contribution in [0.2, 0.25) is 0 Å². The Morgan fingerprint density at radius 2 is 1.52 bits per heavy atom. The molecule has 1 fully saturated rings. The van der Waals surface area contributed by atoms with Crippen molar-refractivity contribution < 1.29 is 45.6 Å². The lowest BCUT2D eigenvalue weighted by Gasteiger charge is -2.41. The zero-order valence-corrected chi connectivity index (χ0v) is 31.7. The summed E-state index contributed by atoms with van der Waals surface area (Å²) in [6.07, 6.45) is 3.25. The number of hydrogen-bond acceptors (Lipinski definition) is 12. The Kier molecular flexibility index (Phi) is 12.2. The Morgan fingerprint density at radius 1 is 0.920 bits per heavy atom. The first-order chi connectivity index (χ1) is 23.2. The molecule has 0 aliphatic carbocycles. The molecule has 1 aliphatic rings. The minimum absolute atomic E-state index is 0.101. The second-order valence-corrected chi connectivity index (χ2v) is 18.3. The number of para-hydroxylation sites is 1. The molecule has 1 aromatic heterocycles. The molecule has 4 rings (SSSR count). The first-order valence-electron chi connectivity index (χ1n) is 16.5. The number of nitrogens with zero attached hydrogens (tertiary/aromatic N) is 3. The lowest BCUT2D eigenvalue weighted by Crippen LogP contribution is -2.49. The molecule has 2 heterocycles. The van der Waals surface area contributed by atoms with Crippen molar-refractivity contribution in [1.29, 1.82) is 0 Å². The summed E-state index contributed by atoms with van der Waals surface area (Å²) in [7, 11) is -7.84. The highest BCUT2D eigenvalue weighted by atomic mass is 32.2. The zero-order valence-electron chi connectivity index (χ0n) is 30.0. The first-order valence-corrected chi connectivity index (χ1v) is 19.6. The molecule has 274 valence electrons. The highest BCUT2D eigenvalue weighted by molar-refractivity contribution is 7.90. The maximum Gasteiger partial charge on any atom is 0.510 e. The van der Waals surface area contributed by atoms with Crippen LogP contribution >= 0.6 is 7.82 Å². The van der Waals surface area contributed by atoms with Gasteiger partial charge in [0, 0.05) is 43.9 Å². The average Bonchev–Trinajstić information content (AvgIpc) is 2.98. The molecule has 1 amide bonds. The molecule has 0 radical (unpaired) electrons. The van der Waals surface area contributed by atoms with Crippen LogP contribution in [0.5, 0.6) is 0 Å². The van der Waals surface area contributed by atoms with Gasteiger partial charge in [-0.15, -0.1) is 0 Å². The van der Waals surface area contributed by atoms with Crippen molar-refractivity contribution in [1.82, 2.24) is 14.9 Å². The van der Waals surface area contributed by atoms with E-state index in [4.69, 9.17) is 23.0 Å². The third-order valence-corrected chi connectivity index (χ3v) is 11.2. The number of phosphoric acid groups is 1. The predicted molar refractivity (Wildman–Crippen MR) is 187 cm³/mol. The Bertz CT molecular complexity index is 1790. The molecule has 0 atom stereocenters. The fourth-order valence-corrected chi connectivity index (χ4v) is 8.93. The van der Waals surface area contributed by atoms with Crippen molar-refractivity contribution in [3.05, 3.63) is 66.0 Å². The van der Waals surface area contributed by atoms with Crippen molar-refractivity contribution in [2.75, 3.05) is 19.9 Å². The molecule has 0 unspecified atom stereocenters. The summed E-state index contributed by atoms with van der Waals surface area (Å²) in [5.74, 6) is -0.306. The number of amides is 1. The fraction of sp³-hybridized carbons (Fsp3) is 0.543. The van der Waals surface area contributed by atoms with Crippen molar-refractivity contribution in [2.24, 2.45) is 5.92 Å². The van der Waals surface area contributed by atoms with Crippen LogP contribution in [0.3, 0.4) is 0 Å². The van der Waals surface area contributed by atoms with Crippen molar-refractivity contribution in [3.63, 3.8) is 0 Å². The lowest BCUT2D eigenvalue weighted by molar-refractivity contribution is -0.0931. The highest BCUT2D eigenvalue weighted by Crippen LogP contribution is 2.55. The van der Waals surface area contributed by atoms with Crippen molar-refractivity contribution in [3.8, 4) is 0 Å². The molecule has 0 N–H and O–H groups in total. The number of phosphoric ester groups is 1. The fourth-order valence-electron chi connectivity index (χ4n) is 5.74. The van der Waals surface area contributed by atoms with Crippen LogP contribution in [0.1, 0.15) is 90.6 Å². The van der Waals surface area contributed by atoms with Gasteiger partial charge in [0.1, 0.15) is 11.1 Å². The number of piperidine rings is 1. The number of hydrogen-bond donors (Lipinski definition) is 0. The Labute approximate surface area is 294 Å². The monoisotopic (exact) mass is 733 g/mol. The molecule has 50 heavy (non-hydrogen) atoms. The van der Waals surface area contributed by atoms with Crippen LogP contribution in [0, 0.1) is 5.92 Å². The number of likely N-dealkylation sites (tertiary alicyclic amines) is 1. The maximum absolute atomic E-state index is 13.4. The van der Waals surface area contributed by atoms with Gasteiger partial charge in [-0.25, -0.2) is 22.3 Å². The smallest absolute Gasteiger partial charge is 0.427 e. The summed E-state index contributed by atoms with van der Waals surface area (Å²) < 4.78 is 67.2. The van der Waals surface area contributed by atoms with Gasteiger partial charge in [-0.1, -0.05) is 32.0 Å². The predicted octanol–water partition coefficient (Wildman–Crippen LogP) is 7.49. The van der Waals surface area contributed by atoms with Gasteiger partial charge in [-0.05, 0) is 83.7 Å². The van der Waals surface area contributed by atoms with Crippen LogP contribution in [0.15, 0.2) is 59.8 Å². The summed E-state index contributed by atoms with van der Waals surface area (Å²) in [6, 6.07) is 11.4. The first kappa shape index (κ1) is 39.4. The number of carbonyl (C=O) groups is 2. The van der Waals surface area contributed by atoms with Gasteiger partial charge in [-0.2, -0.15) is 0 Å². The zero-order chi connectivity index (χ0) is 37.0. The third-order valence-electron chi connectivity index (χ3n) is 7.56. The van der Waals surface area contributed by atoms with Crippen molar-refractivity contribution >= 4 is 40.8 Å². The van der Waals surface area contributed by atoms with Crippen LogP contribution in [0.4, 0.5) is 4.79 Å². The summed E-state index contributed by atoms with van der Waals surface area (Å²) in [6.45, 7) is 14.1. The van der Waals surface area contributed by atoms with Crippen LogP contribution in [-0.4, -0.2) is 72.0 Å².